The van der Waals surface area contributed by atoms with Crippen LogP contribution in [0.15, 0.2) is 30.3 Å². The molecule has 24 heavy (non-hydrogen) atoms. The first-order chi connectivity index (χ1) is 11.6. The van der Waals surface area contributed by atoms with Gasteiger partial charge in [0.1, 0.15) is 0 Å². The second-order valence-corrected chi connectivity index (χ2v) is 7.22. The third-order valence-electron chi connectivity index (χ3n) is 4.65. The lowest BCUT2D eigenvalue weighted by atomic mass is 10.1. The van der Waals surface area contributed by atoms with Gasteiger partial charge in [-0.2, -0.15) is 0 Å². The zero-order valence-electron chi connectivity index (χ0n) is 15.4. The van der Waals surface area contributed by atoms with Crippen LogP contribution in [0.3, 0.4) is 0 Å². The molecule has 1 unspecified atom stereocenters. The fraction of sp³-hybridized carbons (Fsp3) is 0.650. The molecule has 4 nitrogen and oxygen atoms in total. The van der Waals surface area contributed by atoms with Crippen LogP contribution in [0, 0.1) is 5.92 Å². The fourth-order valence-corrected chi connectivity index (χ4v) is 3.09. The normalized spacial score (nSPS) is 17.6. The Bertz CT molecular complexity index is 490. The number of hydrogen-bond donors (Lipinski definition) is 0. The van der Waals surface area contributed by atoms with Crippen molar-refractivity contribution in [2.75, 3.05) is 32.8 Å². The van der Waals surface area contributed by atoms with Crippen molar-refractivity contribution in [1.29, 1.82) is 0 Å². The lowest BCUT2D eigenvalue weighted by Crippen LogP contribution is -2.39. The highest BCUT2D eigenvalue weighted by Crippen LogP contribution is 2.13. The van der Waals surface area contributed by atoms with Gasteiger partial charge in [-0.3, -0.25) is 4.90 Å². The highest BCUT2D eigenvalue weighted by Gasteiger charge is 2.22. The molecule has 1 aliphatic heterocycles. The van der Waals surface area contributed by atoms with Crippen molar-refractivity contribution in [3.63, 3.8) is 0 Å². The highest BCUT2D eigenvalue weighted by molar-refractivity contribution is 5.67. The number of benzene rings is 1. The van der Waals surface area contributed by atoms with Crippen molar-refractivity contribution in [2.24, 2.45) is 5.92 Å². The predicted octanol–water partition coefficient (Wildman–Crippen LogP) is 3.81. The van der Waals surface area contributed by atoms with Crippen molar-refractivity contribution in [1.82, 2.24) is 9.80 Å². The summed E-state index contributed by atoms with van der Waals surface area (Å²) in [6.45, 7) is 10.5. The van der Waals surface area contributed by atoms with Crippen LogP contribution in [0.4, 0.5) is 4.79 Å². The van der Waals surface area contributed by atoms with E-state index in [4.69, 9.17) is 4.74 Å². The monoisotopic (exact) mass is 332 g/mol. The van der Waals surface area contributed by atoms with Crippen molar-refractivity contribution in [3.8, 4) is 0 Å². The van der Waals surface area contributed by atoms with E-state index in [1.807, 2.05) is 4.90 Å². The van der Waals surface area contributed by atoms with Crippen LogP contribution in [-0.4, -0.2) is 54.7 Å². The van der Waals surface area contributed by atoms with E-state index >= 15 is 0 Å². The molecule has 1 atom stereocenters. The summed E-state index contributed by atoms with van der Waals surface area (Å²) in [5.41, 5.74) is 1.40. The van der Waals surface area contributed by atoms with Crippen molar-refractivity contribution in [3.05, 3.63) is 35.9 Å². The number of carbonyl (C=O) groups is 1. The highest BCUT2D eigenvalue weighted by atomic mass is 16.6. The molecule has 1 aromatic rings. The molecule has 134 valence electrons. The Labute approximate surface area is 146 Å². The van der Waals surface area contributed by atoms with Gasteiger partial charge in [0.15, 0.2) is 0 Å². The van der Waals surface area contributed by atoms with E-state index in [1.165, 1.54) is 5.56 Å². The maximum atomic E-state index is 12.1. The van der Waals surface area contributed by atoms with Crippen molar-refractivity contribution >= 4 is 6.09 Å². The number of hydrogen-bond acceptors (Lipinski definition) is 3. The van der Waals surface area contributed by atoms with E-state index in [0.717, 1.165) is 45.4 Å². The molecule has 1 fully saturated rings. The van der Waals surface area contributed by atoms with Gasteiger partial charge in [0.05, 0.1) is 6.61 Å². The molecule has 0 N–H and O–H groups in total. The summed E-state index contributed by atoms with van der Waals surface area (Å²) in [5, 5.41) is 0. The largest absolute Gasteiger partial charge is 0.449 e. The van der Waals surface area contributed by atoms with Crippen LogP contribution < -0.4 is 0 Å². The zero-order valence-corrected chi connectivity index (χ0v) is 15.4. The molecule has 1 aromatic carbocycles. The number of nitrogens with zero attached hydrogens (tertiary/aromatic N) is 2. The Morgan fingerprint density at radius 2 is 1.83 bits per heavy atom. The Morgan fingerprint density at radius 1 is 1.08 bits per heavy atom. The van der Waals surface area contributed by atoms with E-state index in [2.05, 4.69) is 56.0 Å². The number of rotatable bonds is 6. The van der Waals surface area contributed by atoms with Gasteiger partial charge in [-0.1, -0.05) is 44.2 Å². The first kappa shape index (κ1) is 18.8. The summed E-state index contributed by atoms with van der Waals surface area (Å²) >= 11 is 0. The molecule has 0 aliphatic carbocycles. The number of amides is 1. The maximum absolute atomic E-state index is 12.1. The second-order valence-electron chi connectivity index (χ2n) is 7.22. The van der Waals surface area contributed by atoms with E-state index in [9.17, 15) is 4.79 Å². The summed E-state index contributed by atoms with van der Waals surface area (Å²) in [6, 6.07) is 11.2. The van der Waals surface area contributed by atoms with Crippen LogP contribution in [-0.2, 0) is 11.2 Å². The Hall–Kier alpha value is -1.55. The average molecular weight is 332 g/mol. The van der Waals surface area contributed by atoms with E-state index < -0.39 is 0 Å². The topological polar surface area (TPSA) is 32.8 Å². The van der Waals surface area contributed by atoms with Crippen LogP contribution >= 0.6 is 0 Å². The van der Waals surface area contributed by atoms with Gasteiger partial charge in [-0.15, -0.1) is 0 Å². The molecule has 4 heteroatoms. The van der Waals surface area contributed by atoms with Gasteiger partial charge in [0.25, 0.3) is 0 Å². The number of carbonyl (C=O) groups excluding carboxylic acids is 1. The Kier molecular flexibility index (Phi) is 7.57. The average Bonchev–Trinajstić information content (AvgIpc) is 2.84. The Morgan fingerprint density at radius 3 is 2.54 bits per heavy atom. The molecular weight excluding hydrogens is 300 g/mol. The maximum Gasteiger partial charge on any atom is 0.409 e. The van der Waals surface area contributed by atoms with Crippen molar-refractivity contribution in [2.45, 2.75) is 46.1 Å². The zero-order chi connectivity index (χ0) is 17.4. The predicted molar refractivity (Wildman–Crippen MR) is 98.2 cm³/mol. The molecule has 0 spiro atoms. The number of ether oxygens (including phenoxy) is 1. The third kappa shape index (κ3) is 6.16. The number of aryl methyl sites for hydroxylation is 1. The molecule has 1 saturated heterocycles. The molecule has 1 heterocycles. The molecule has 0 radical (unpaired) electrons. The summed E-state index contributed by atoms with van der Waals surface area (Å²) in [7, 11) is 0. The molecule has 0 saturated carbocycles. The lowest BCUT2D eigenvalue weighted by Gasteiger charge is -2.27. The second kappa shape index (κ2) is 9.67. The molecule has 1 amide bonds. The first-order valence-electron chi connectivity index (χ1n) is 9.26. The summed E-state index contributed by atoms with van der Waals surface area (Å²) < 4.78 is 5.37. The minimum Gasteiger partial charge on any atom is -0.449 e. The molecular formula is C20H32N2O2. The van der Waals surface area contributed by atoms with Crippen LogP contribution in [0.25, 0.3) is 0 Å². The van der Waals surface area contributed by atoms with E-state index in [1.54, 1.807) is 0 Å². The van der Waals surface area contributed by atoms with Gasteiger partial charge in [0.2, 0.25) is 0 Å². The fourth-order valence-electron chi connectivity index (χ4n) is 3.09. The summed E-state index contributed by atoms with van der Waals surface area (Å²) in [5.74, 6) is 0.385. The van der Waals surface area contributed by atoms with Crippen molar-refractivity contribution < 1.29 is 9.53 Å². The lowest BCUT2D eigenvalue weighted by molar-refractivity contribution is 0.0923. The molecule has 0 aromatic heterocycles. The van der Waals surface area contributed by atoms with Gasteiger partial charge in [-0.05, 0) is 37.7 Å². The Balaban J connectivity index is 1.76. The summed E-state index contributed by atoms with van der Waals surface area (Å²) in [4.78, 5) is 16.5. The van der Waals surface area contributed by atoms with Gasteiger partial charge < -0.3 is 9.64 Å². The molecule has 0 bridgehead atoms. The minimum atomic E-state index is -0.150. The minimum absolute atomic E-state index is 0.150. The smallest absolute Gasteiger partial charge is 0.409 e. The standard InChI is InChI=1S/C20H32N2O2/c1-17(2)16-24-20(23)22-13-7-12-21(14-15-22)18(3)10-11-19-8-5-4-6-9-19/h4-6,8-9,17-18H,7,10-16H2,1-3H3. The third-order valence-corrected chi connectivity index (χ3v) is 4.65. The van der Waals surface area contributed by atoms with Crippen LogP contribution in [0.1, 0.15) is 39.2 Å². The van der Waals surface area contributed by atoms with Gasteiger partial charge in [-0.25, -0.2) is 4.79 Å². The molecule has 1 aliphatic rings. The first-order valence-corrected chi connectivity index (χ1v) is 9.26. The SMILES string of the molecule is CC(C)COC(=O)N1CCCN(C(C)CCc2ccccc2)CC1. The quantitative estimate of drug-likeness (QED) is 0.794. The molecule has 2 rings (SSSR count). The van der Waals surface area contributed by atoms with Crippen LogP contribution in [0.2, 0.25) is 0 Å². The summed E-state index contributed by atoms with van der Waals surface area (Å²) in [6.07, 6.45) is 3.13. The van der Waals surface area contributed by atoms with E-state index in [0.29, 0.717) is 18.6 Å². The van der Waals surface area contributed by atoms with Gasteiger partial charge >= 0.3 is 6.09 Å². The van der Waals surface area contributed by atoms with Gasteiger partial charge in [0, 0.05) is 32.2 Å². The van der Waals surface area contributed by atoms with Crippen LogP contribution in [0.5, 0.6) is 0 Å². The van der Waals surface area contributed by atoms with E-state index in [-0.39, 0.29) is 6.09 Å².